The molecule has 2 aromatic rings. The number of nitro groups is 1. The number of amides is 2. The summed E-state index contributed by atoms with van der Waals surface area (Å²) in [4.78, 5) is 51.4. The molecular formula is C22H21N3O7S. The number of phenols is 1. The number of para-hydroxylation sites is 3. The average molecular weight is 471 g/mol. The van der Waals surface area contributed by atoms with Crippen molar-refractivity contribution in [3.63, 3.8) is 0 Å². The second kappa shape index (κ2) is 8.49. The van der Waals surface area contributed by atoms with E-state index in [0.717, 1.165) is 4.90 Å². The molecule has 2 aromatic carbocycles. The standard InChI is InChI=1S/C22H21N3O7S/c1-33-11-10-22(21(29)30)17-16(18(23-22)12-6-2-5-9-15(12)26)19(27)24(20(17)28)13-7-3-4-8-14(13)25(31)32/h2-9,16-18,23,26H,10-11H2,1H3,(H,29,30). The maximum Gasteiger partial charge on any atom is 0.324 e. The minimum Gasteiger partial charge on any atom is -0.508 e. The van der Waals surface area contributed by atoms with Crippen molar-refractivity contribution in [3.8, 4) is 5.75 Å². The first-order valence-electron chi connectivity index (χ1n) is 10.1. The molecule has 2 aliphatic heterocycles. The fourth-order valence-corrected chi connectivity index (χ4v) is 5.39. The number of aliphatic carboxylic acids is 1. The van der Waals surface area contributed by atoms with Crippen LogP contribution in [0.3, 0.4) is 0 Å². The third kappa shape index (κ3) is 3.44. The number of carboxylic acid groups (broad SMARTS) is 1. The van der Waals surface area contributed by atoms with Gasteiger partial charge in [0, 0.05) is 17.7 Å². The van der Waals surface area contributed by atoms with Gasteiger partial charge in [-0.3, -0.25) is 29.8 Å². The predicted molar refractivity (Wildman–Crippen MR) is 120 cm³/mol. The second-order valence-corrected chi connectivity index (χ2v) is 8.95. The van der Waals surface area contributed by atoms with Crippen LogP contribution in [0.2, 0.25) is 0 Å². The maximum atomic E-state index is 13.6. The molecule has 2 amide bonds. The van der Waals surface area contributed by atoms with Crippen LogP contribution >= 0.6 is 11.8 Å². The minimum atomic E-state index is -1.79. The van der Waals surface area contributed by atoms with Gasteiger partial charge >= 0.3 is 5.97 Å². The van der Waals surface area contributed by atoms with E-state index in [1.807, 2.05) is 0 Å². The van der Waals surface area contributed by atoms with Crippen LogP contribution in [0.4, 0.5) is 11.4 Å². The van der Waals surface area contributed by atoms with E-state index in [0.29, 0.717) is 5.75 Å². The molecule has 0 aliphatic carbocycles. The highest BCUT2D eigenvalue weighted by atomic mass is 32.2. The van der Waals surface area contributed by atoms with E-state index in [1.54, 1.807) is 24.5 Å². The van der Waals surface area contributed by atoms with E-state index in [-0.39, 0.29) is 23.4 Å². The Bertz CT molecular complexity index is 1160. The van der Waals surface area contributed by atoms with Crippen LogP contribution < -0.4 is 10.2 Å². The van der Waals surface area contributed by atoms with Crippen molar-refractivity contribution in [2.24, 2.45) is 11.8 Å². The molecule has 2 heterocycles. The Balaban J connectivity index is 1.90. The van der Waals surface area contributed by atoms with E-state index in [1.165, 1.54) is 42.1 Å². The van der Waals surface area contributed by atoms with E-state index >= 15 is 0 Å². The first-order chi connectivity index (χ1) is 15.7. The molecule has 172 valence electrons. The van der Waals surface area contributed by atoms with Crippen LogP contribution in [0.15, 0.2) is 48.5 Å². The summed E-state index contributed by atoms with van der Waals surface area (Å²) in [5.41, 5.74) is -2.14. The molecule has 33 heavy (non-hydrogen) atoms. The Kier molecular flexibility index (Phi) is 5.85. The number of carbonyl (C=O) groups is 3. The van der Waals surface area contributed by atoms with Gasteiger partial charge in [0.25, 0.3) is 5.69 Å². The van der Waals surface area contributed by atoms with Gasteiger partial charge < -0.3 is 10.2 Å². The molecule has 2 aliphatic rings. The van der Waals surface area contributed by atoms with E-state index < -0.39 is 51.8 Å². The van der Waals surface area contributed by atoms with E-state index in [9.17, 15) is 34.7 Å². The molecule has 4 rings (SSSR count). The molecule has 0 saturated carbocycles. The van der Waals surface area contributed by atoms with Crippen molar-refractivity contribution in [1.29, 1.82) is 0 Å². The van der Waals surface area contributed by atoms with Gasteiger partial charge in [0.05, 0.1) is 16.8 Å². The molecule has 0 aromatic heterocycles. The number of hydrogen-bond acceptors (Lipinski definition) is 8. The number of rotatable bonds is 7. The zero-order valence-electron chi connectivity index (χ0n) is 17.5. The summed E-state index contributed by atoms with van der Waals surface area (Å²) < 4.78 is 0. The van der Waals surface area contributed by atoms with Crippen LogP contribution in [-0.4, -0.2) is 50.5 Å². The summed E-state index contributed by atoms with van der Waals surface area (Å²) in [5, 5.41) is 35.2. The molecule has 2 fully saturated rings. The number of imide groups is 1. The van der Waals surface area contributed by atoms with Gasteiger partial charge in [-0.15, -0.1) is 0 Å². The number of benzene rings is 2. The largest absolute Gasteiger partial charge is 0.508 e. The van der Waals surface area contributed by atoms with Gasteiger partial charge in [0.2, 0.25) is 11.8 Å². The van der Waals surface area contributed by atoms with Crippen molar-refractivity contribution in [2.45, 2.75) is 18.0 Å². The van der Waals surface area contributed by atoms with Crippen molar-refractivity contribution in [2.75, 3.05) is 16.9 Å². The lowest BCUT2D eigenvalue weighted by Gasteiger charge is -2.31. The molecule has 2 saturated heterocycles. The number of aromatic hydroxyl groups is 1. The Hall–Kier alpha value is -3.44. The first kappa shape index (κ1) is 22.7. The monoisotopic (exact) mass is 471 g/mol. The number of thioether (sulfide) groups is 1. The smallest absolute Gasteiger partial charge is 0.324 e. The number of nitrogens with one attached hydrogen (secondary N) is 1. The molecule has 0 bridgehead atoms. The summed E-state index contributed by atoms with van der Waals surface area (Å²) in [6, 6.07) is 10.6. The van der Waals surface area contributed by atoms with E-state index in [2.05, 4.69) is 5.32 Å². The molecule has 11 heteroatoms. The van der Waals surface area contributed by atoms with Crippen molar-refractivity contribution in [3.05, 3.63) is 64.2 Å². The number of phenolic OH excluding ortho intramolecular Hbond substituents is 1. The average Bonchev–Trinajstić information content (AvgIpc) is 3.27. The third-order valence-corrected chi connectivity index (χ3v) is 6.94. The number of fused-ring (bicyclic) bond motifs is 1. The molecular weight excluding hydrogens is 450 g/mol. The normalized spacial score (nSPS) is 26.5. The number of nitro benzene ring substituents is 1. The summed E-state index contributed by atoms with van der Waals surface area (Å²) in [7, 11) is 0. The van der Waals surface area contributed by atoms with Gasteiger partial charge in [-0.1, -0.05) is 30.3 Å². The first-order valence-corrected chi connectivity index (χ1v) is 11.5. The highest BCUT2D eigenvalue weighted by Gasteiger charge is 2.69. The van der Waals surface area contributed by atoms with Crippen LogP contribution in [0.5, 0.6) is 5.75 Å². The topological polar surface area (TPSA) is 150 Å². The fraction of sp³-hybridized carbons (Fsp3) is 0.318. The summed E-state index contributed by atoms with van der Waals surface area (Å²) in [5.74, 6) is -5.08. The van der Waals surface area contributed by atoms with Crippen LogP contribution in [0.1, 0.15) is 18.0 Å². The van der Waals surface area contributed by atoms with Crippen LogP contribution in [0, 0.1) is 22.0 Å². The Morgan fingerprint density at radius 2 is 1.85 bits per heavy atom. The summed E-state index contributed by atoms with van der Waals surface area (Å²) in [6.07, 6.45) is 1.84. The molecule has 0 radical (unpaired) electrons. The highest BCUT2D eigenvalue weighted by molar-refractivity contribution is 7.98. The zero-order valence-corrected chi connectivity index (χ0v) is 18.3. The van der Waals surface area contributed by atoms with Gasteiger partial charge in [-0.05, 0) is 30.6 Å². The number of hydrogen-bond donors (Lipinski definition) is 3. The van der Waals surface area contributed by atoms with Gasteiger partial charge in [0.1, 0.15) is 17.0 Å². The molecule has 10 nitrogen and oxygen atoms in total. The number of carbonyl (C=O) groups excluding carboxylic acids is 2. The molecule has 3 N–H and O–H groups in total. The maximum absolute atomic E-state index is 13.6. The third-order valence-electron chi connectivity index (χ3n) is 6.33. The van der Waals surface area contributed by atoms with Crippen molar-refractivity contribution >= 4 is 40.9 Å². The lowest BCUT2D eigenvalue weighted by Crippen LogP contribution is -2.56. The lowest BCUT2D eigenvalue weighted by atomic mass is 9.78. The predicted octanol–water partition coefficient (Wildman–Crippen LogP) is 2.33. The highest BCUT2D eigenvalue weighted by Crippen LogP contribution is 2.53. The Labute approximate surface area is 192 Å². The second-order valence-electron chi connectivity index (χ2n) is 7.96. The molecule has 4 atom stereocenters. The van der Waals surface area contributed by atoms with Crippen LogP contribution in [0.25, 0.3) is 0 Å². The van der Waals surface area contributed by atoms with Crippen LogP contribution in [-0.2, 0) is 14.4 Å². The minimum absolute atomic E-state index is 0.0402. The van der Waals surface area contributed by atoms with Gasteiger partial charge in [-0.2, -0.15) is 11.8 Å². The Morgan fingerprint density at radius 3 is 2.48 bits per heavy atom. The van der Waals surface area contributed by atoms with Crippen molar-refractivity contribution < 1.29 is 29.5 Å². The lowest BCUT2D eigenvalue weighted by molar-refractivity contribution is -0.384. The zero-order chi connectivity index (χ0) is 23.9. The summed E-state index contributed by atoms with van der Waals surface area (Å²) >= 11 is 1.39. The summed E-state index contributed by atoms with van der Waals surface area (Å²) in [6.45, 7) is 0. The number of nitrogens with zero attached hydrogens (tertiary/aromatic N) is 2. The number of carboxylic acids is 1. The van der Waals surface area contributed by atoms with Crippen molar-refractivity contribution in [1.82, 2.24) is 5.32 Å². The Morgan fingerprint density at radius 1 is 1.18 bits per heavy atom. The van der Waals surface area contributed by atoms with Gasteiger partial charge in [-0.25, -0.2) is 4.90 Å². The molecule has 4 unspecified atom stereocenters. The SMILES string of the molecule is CSCCC1(C(=O)O)NC(c2ccccc2O)C2C(=O)N(c3ccccc3[N+](=O)[O-])C(=O)C21. The van der Waals surface area contributed by atoms with Gasteiger partial charge in [0.15, 0.2) is 0 Å². The quantitative estimate of drug-likeness (QED) is 0.314. The molecule has 0 spiro atoms. The fourth-order valence-electron chi connectivity index (χ4n) is 4.86. The van der Waals surface area contributed by atoms with E-state index in [4.69, 9.17) is 0 Å². The number of anilines is 1.